The highest BCUT2D eigenvalue weighted by Gasteiger charge is 1.90. The number of carbonyl (C=O) groups excluding carboxylic acids is 2. The van der Waals surface area contributed by atoms with Crippen LogP contribution in [-0.4, -0.2) is 29.5 Å². The van der Waals surface area contributed by atoms with Crippen LogP contribution < -0.4 is 0 Å². The zero-order chi connectivity index (χ0) is 15.8. The second-order valence-corrected chi connectivity index (χ2v) is 4.48. The second kappa shape index (κ2) is 16.9. The Morgan fingerprint density at radius 3 is 1.58 bits per heavy atom. The normalized spacial score (nSPS) is 8.11. The minimum Gasteiger partial charge on any atom is -0.466 e. The summed E-state index contributed by atoms with van der Waals surface area (Å²) in [6.45, 7) is 14.4. The highest BCUT2D eigenvalue weighted by molar-refractivity contribution is 6.62. The van der Waals surface area contributed by atoms with Crippen molar-refractivity contribution in [2.45, 2.75) is 40.5 Å². The van der Waals surface area contributed by atoms with Crippen LogP contribution in [0.1, 0.15) is 40.5 Å². The number of halogens is 1. The standard InChI is InChI=1S/C7H12O2.C5H10O.C2H3ClO/c1-6(2)4-5-9-7(3)8;1-5(2)3-4-6;1-2(3)4/h1,4-5H2,2-3H3;6H,1,3-4H2,2H3;1H3. The van der Waals surface area contributed by atoms with Crippen molar-refractivity contribution in [3.8, 4) is 0 Å². The van der Waals surface area contributed by atoms with Gasteiger partial charge in [0.1, 0.15) is 0 Å². The van der Waals surface area contributed by atoms with Crippen LogP contribution in [0.25, 0.3) is 0 Å². The second-order valence-electron chi connectivity index (χ2n) is 3.95. The predicted octanol–water partition coefficient (Wildman–Crippen LogP) is 3.23. The van der Waals surface area contributed by atoms with E-state index in [1.165, 1.54) is 13.8 Å². The Kier molecular flexibility index (Phi) is 20.4. The number of aliphatic hydroxyl groups is 1. The average Bonchev–Trinajstić information content (AvgIpc) is 2.15. The molecule has 0 fully saturated rings. The van der Waals surface area contributed by atoms with Crippen LogP contribution in [0.4, 0.5) is 0 Å². The molecular weight excluding hydrogens is 268 g/mol. The van der Waals surface area contributed by atoms with Crippen molar-refractivity contribution in [3.05, 3.63) is 24.3 Å². The smallest absolute Gasteiger partial charge is 0.302 e. The van der Waals surface area contributed by atoms with Gasteiger partial charge in [-0.3, -0.25) is 9.59 Å². The third-order valence-electron chi connectivity index (χ3n) is 1.37. The van der Waals surface area contributed by atoms with Crippen LogP contribution in [0.3, 0.4) is 0 Å². The van der Waals surface area contributed by atoms with Gasteiger partial charge in [-0.05, 0) is 31.9 Å². The molecule has 0 radical (unpaired) electrons. The summed E-state index contributed by atoms with van der Waals surface area (Å²) in [4.78, 5) is 19.4. The highest BCUT2D eigenvalue weighted by atomic mass is 35.5. The molecule has 0 aliphatic heterocycles. The molecule has 112 valence electrons. The van der Waals surface area contributed by atoms with Gasteiger partial charge < -0.3 is 9.84 Å². The Hall–Kier alpha value is -1.13. The van der Waals surface area contributed by atoms with E-state index < -0.39 is 0 Å². The number of aliphatic hydroxyl groups excluding tert-OH is 1. The fourth-order valence-electron chi connectivity index (χ4n) is 0.560. The van der Waals surface area contributed by atoms with Crippen molar-refractivity contribution < 1.29 is 19.4 Å². The Labute approximate surface area is 121 Å². The van der Waals surface area contributed by atoms with Gasteiger partial charge in [0.25, 0.3) is 0 Å². The zero-order valence-corrected chi connectivity index (χ0v) is 13.0. The Morgan fingerprint density at radius 2 is 1.42 bits per heavy atom. The molecule has 1 N–H and O–H groups in total. The van der Waals surface area contributed by atoms with E-state index in [9.17, 15) is 9.59 Å². The number of hydrogen-bond donors (Lipinski definition) is 1. The van der Waals surface area contributed by atoms with Gasteiger partial charge in [-0.15, -0.1) is 13.2 Å². The lowest BCUT2D eigenvalue weighted by Gasteiger charge is -1.98. The van der Waals surface area contributed by atoms with Gasteiger partial charge >= 0.3 is 5.97 Å². The van der Waals surface area contributed by atoms with Gasteiger partial charge in [-0.1, -0.05) is 11.1 Å². The third-order valence-corrected chi connectivity index (χ3v) is 1.37. The quantitative estimate of drug-likeness (QED) is 0.480. The maximum absolute atomic E-state index is 10.2. The highest BCUT2D eigenvalue weighted by Crippen LogP contribution is 1.94. The van der Waals surface area contributed by atoms with E-state index in [2.05, 4.69) is 29.5 Å². The lowest BCUT2D eigenvalue weighted by molar-refractivity contribution is -0.140. The molecule has 0 aromatic heterocycles. The first-order valence-corrected chi connectivity index (χ1v) is 6.20. The summed E-state index contributed by atoms with van der Waals surface area (Å²) < 4.78 is 4.65. The van der Waals surface area contributed by atoms with Gasteiger partial charge in [0.05, 0.1) is 6.61 Å². The molecule has 0 rings (SSSR count). The lowest BCUT2D eigenvalue weighted by atomic mass is 10.3. The van der Waals surface area contributed by atoms with E-state index in [0.717, 1.165) is 24.0 Å². The molecule has 0 spiro atoms. The lowest BCUT2D eigenvalue weighted by Crippen LogP contribution is -1.99. The monoisotopic (exact) mass is 292 g/mol. The van der Waals surface area contributed by atoms with Crippen LogP contribution in [0, 0.1) is 0 Å². The molecule has 5 heteroatoms. The van der Waals surface area contributed by atoms with E-state index in [1.807, 2.05) is 13.8 Å². The summed E-state index contributed by atoms with van der Waals surface area (Å²) >= 11 is 4.64. The molecule has 0 unspecified atom stereocenters. The molecule has 0 saturated carbocycles. The van der Waals surface area contributed by atoms with Crippen LogP contribution in [0.5, 0.6) is 0 Å². The molecule has 0 saturated heterocycles. The van der Waals surface area contributed by atoms with Gasteiger partial charge in [-0.25, -0.2) is 0 Å². The summed E-state index contributed by atoms with van der Waals surface area (Å²) in [5.74, 6) is -0.226. The van der Waals surface area contributed by atoms with Crippen molar-refractivity contribution in [1.82, 2.24) is 0 Å². The first-order valence-electron chi connectivity index (χ1n) is 5.82. The van der Waals surface area contributed by atoms with Crippen LogP contribution in [0.15, 0.2) is 24.3 Å². The fourth-order valence-corrected chi connectivity index (χ4v) is 0.560. The van der Waals surface area contributed by atoms with Gasteiger partial charge in [0.15, 0.2) is 0 Å². The SMILES string of the molecule is C=C(C)CCO.C=C(C)CCOC(C)=O.CC(=O)Cl. The summed E-state index contributed by atoms with van der Waals surface area (Å²) in [5.41, 5.74) is 2.08. The van der Waals surface area contributed by atoms with Crippen molar-refractivity contribution in [3.63, 3.8) is 0 Å². The first-order chi connectivity index (χ1) is 8.63. The number of rotatable bonds is 5. The largest absolute Gasteiger partial charge is 0.466 e. The molecular formula is C14H25ClO4. The summed E-state index contributed by atoms with van der Waals surface area (Å²) in [7, 11) is 0. The van der Waals surface area contributed by atoms with Crippen molar-refractivity contribution in [1.29, 1.82) is 0 Å². The molecule has 0 aromatic carbocycles. The van der Waals surface area contributed by atoms with Crippen molar-refractivity contribution in [2.75, 3.05) is 13.2 Å². The Morgan fingerprint density at radius 1 is 1.05 bits per heavy atom. The fraction of sp³-hybridized carbons (Fsp3) is 0.571. The Balaban J connectivity index is -0.000000222. The Bertz CT molecular complexity index is 267. The van der Waals surface area contributed by atoms with E-state index in [-0.39, 0.29) is 17.8 Å². The van der Waals surface area contributed by atoms with E-state index >= 15 is 0 Å². The number of hydrogen-bond acceptors (Lipinski definition) is 4. The van der Waals surface area contributed by atoms with E-state index in [0.29, 0.717) is 6.61 Å². The molecule has 0 aliphatic rings. The number of ether oxygens (including phenoxy) is 1. The minimum atomic E-state index is -0.361. The number of carbonyl (C=O) groups is 2. The summed E-state index contributed by atoms with van der Waals surface area (Å²) in [6.07, 6.45) is 1.50. The maximum Gasteiger partial charge on any atom is 0.302 e. The van der Waals surface area contributed by atoms with Crippen LogP contribution in [-0.2, 0) is 14.3 Å². The number of esters is 1. The molecule has 0 amide bonds. The maximum atomic E-state index is 10.2. The molecule has 0 aliphatic carbocycles. The molecule has 0 bridgehead atoms. The topological polar surface area (TPSA) is 63.6 Å². The average molecular weight is 293 g/mol. The molecule has 0 atom stereocenters. The predicted molar refractivity (Wildman–Crippen MR) is 79.1 cm³/mol. The van der Waals surface area contributed by atoms with Crippen molar-refractivity contribution >= 4 is 22.8 Å². The van der Waals surface area contributed by atoms with Crippen LogP contribution >= 0.6 is 11.6 Å². The third kappa shape index (κ3) is 60.2. The van der Waals surface area contributed by atoms with Crippen LogP contribution in [0.2, 0.25) is 0 Å². The molecule has 4 nitrogen and oxygen atoms in total. The summed E-state index contributed by atoms with van der Waals surface area (Å²) in [5, 5.41) is 7.81. The van der Waals surface area contributed by atoms with Crippen molar-refractivity contribution in [2.24, 2.45) is 0 Å². The molecule has 0 aromatic rings. The van der Waals surface area contributed by atoms with Gasteiger partial charge in [0.2, 0.25) is 5.24 Å². The minimum absolute atomic E-state index is 0.226. The first kappa shape index (κ1) is 23.0. The van der Waals surface area contributed by atoms with Gasteiger partial charge in [0, 0.05) is 26.9 Å². The van der Waals surface area contributed by atoms with E-state index in [1.54, 1.807) is 0 Å². The van der Waals surface area contributed by atoms with Gasteiger partial charge in [-0.2, -0.15) is 0 Å². The zero-order valence-electron chi connectivity index (χ0n) is 12.3. The van der Waals surface area contributed by atoms with E-state index in [4.69, 9.17) is 5.11 Å². The summed E-state index contributed by atoms with van der Waals surface area (Å²) in [6, 6.07) is 0. The molecule has 19 heavy (non-hydrogen) atoms. The molecule has 0 heterocycles.